The maximum Gasteiger partial charge on any atom is 0.0943 e. The van der Waals surface area contributed by atoms with Crippen LogP contribution in [0.25, 0.3) is 0 Å². The first kappa shape index (κ1) is 36.2. The Morgan fingerprint density at radius 3 is 2.15 bits per heavy atom. The van der Waals surface area contributed by atoms with Crippen molar-refractivity contribution in [2.75, 3.05) is 0 Å². The van der Waals surface area contributed by atoms with Crippen LogP contribution in [0, 0.1) is 99.1 Å². The molecule has 0 amide bonds. The highest BCUT2D eigenvalue weighted by Gasteiger charge is 2.58. The van der Waals surface area contributed by atoms with E-state index in [0.29, 0.717) is 42.0 Å². The van der Waals surface area contributed by atoms with Gasteiger partial charge in [-0.2, -0.15) is 15.8 Å². The van der Waals surface area contributed by atoms with Crippen LogP contribution in [0.15, 0.2) is 33.9 Å². The van der Waals surface area contributed by atoms with Gasteiger partial charge in [0.2, 0.25) is 0 Å². The molecular weight excluding hydrogens is 681 g/mol. The summed E-state index contributed by atoms with van der Waals surface area (Å²) in [6.45, 7) is 0. The Bertz CT molecular complexity index is 1640. The lowest BCUT2D eigenvalue weighted by Crippen LogP contribution is -2.47. The molecule has 2 heterocycles. The van der Waals surface area contributed by atoms with E-state index in [0.717, 1.165) is 78.4 Å². The van der Waals surface area contributed by atoms with Crippen molar-refractivity contribution >= 4 is 11.8 Å². The Hall–Kier alpha value is -2.20. The molecule has 5 nitrogen and oxygen atoms in total. The summed E-state index contributed by atoms with van der Waals surface area (Å²) in [6.07, 6.45) is 35.0. The zero-order chi connectivity index (χ0) is 36.3. The standard InChI is InChI=1S/C48H64N4OS/c49-26-29-1-3-36-21-35(5-4-34(36)19-29)31-6-12-39(13-7-31)52(41-16-10-33(11-17-41)48-23-37-20-30(27-50)2-18-47(37)54-48)40-14-8-32(9-15-40)45-25-44-43-24-42(43)38(28-51)22-46(44)53-45/h12,19,30-36,38,40-46,48H,1-11,13-18,20-25H2. The molecule has 1 saturated heterocycles. The van der Waals surface area contributed by atoms with Crippen LogP contribution < -0.4 is 0 Å². The summed E-state index contributed by atoms with van der Waals surface area (Å²) in [4.78, 5) is 4.74. The molecule has 10 aliphatic rings. The number of ether oxygens (including phenoxy) is 1. The Labute approximate surface area is 330 Å². The van der Waals surface area contributed by atoms with Gasteiger partial charge < -0.3 is 9.64 Å². The first-order valence-electron chi connectivity index (χ1n) is 23.0. The van der Waals surface area contributed by atoms with E-state index in [-0.39, 0.29) is 11.8 Å². The summed E-state index contributed by atoms with van der Waals surface area (Å²) in [7, 11) is 0. The van der Waals surface area contributed by atoms with Gasteiger partial charge in [-0.15, -0.1) is 11.8 Å². The van der Waals surface area contributed by atoms with Gasteiger partial charge in [-0.3, -0.25) is 0 Å². The van der Waals surface area contributed by atoms with E-state index >= 15 is 0 Å². The molecule has 12 unspecified atom stereocenters. The Morgan fingerprint density at radius 1 is 0.630 bits per heavy atom. The third kappa shape index (κ3) is 6.93. The molecule has 12 atom stereocenters. The number of nitriles is 3. The van der Waals surface area contributed by atoms with Gasteiger partial charge in [0.25, 0.3) is 0 Å². The second-order valence-corrected chi connectivity index (χ2v) is 21.6. The van der Waals surface area contributed by atoms with Crippen molar-refractivity contribution in [2.24, 2.45) is 65.1 Å². The second-order valence-electron chi connectivity index (χ2n) is 20.2. The Morgan fingerprint density at radius 2 is 1.41 bits per heavy atom. The van der Waals surface area contributed by atoms with Crippen molar-refractivity contribution in [3.05, 3.63) is 33.9 Å². The van der Waals surface area contributed by atoms with Crippen molar-refractivity contribution in [1.82, 2.24) is 4.90 Å². The number of thioether (sulfide) groups is 1. The number of nitrogens with zero attached hydrogens (tertiary/aromatic N) is 4. The maximum absolute atomic E-state index is 9.75. The number of hydrogen-bond acceptors (Lipinski definition) is 6. The van der Waals surface area contributed by atoms with Gasteiger partial charge in [0, 0.05) is 28.6 Å². The van der Waals surface area contributed by atoms with Crippen LogP contribution in [-0.2, 0) is 4.74 Å². The van der Waals surface area contributed by atoms with Crippen molar-refractivity contribution in [3.8, 4) is 18.2 Å². The Balaban J connectivity index is 0.794. The number of allylic oxidation sites excluding steroid dienone is 6. The van der Waals surface area contributed by atoms with E-state index in [1.807, 2.05) is 0 Å². The van der Waals surface area contributed by atoms with Crippen LogP contribution >= 0.6 is 11.8 Å². The molecule has 10 rings (SSSR count). The van der Waals surface area contributed by atoms with Crippen molar-refractivity contribution in [1.29, 1.82) is 15.8 Å². The third-order valence-electron chi connectivity index (χ3n) is 17.6. The summed E-state index contributed by atoms with van der Waals surface area (Å²) in [5.74, 6) is 7.45. The third-order valence-corrected chi connectivity index (χ3v) is 19.3. The zero-order valence-electron chi connectivity index (χ0n) is 32.8. The van der Waals surface area contributed by atoms with Gasteiger partial charge >= 0.3 is 0 Å². The SMILES string of the molecule is N#CC1=CC2CCC(C3CC=C(N(C4CCC(C5CC6C(CC(C#N)C7CC76)O5)CC4)C4CCC(C5CC6=C(CCC(C#N)C6)S5)CC4)CC3)CC2CC1. The molecule has 54 heavy (non-hydrogen) atoms. The highest BCUT2D eigenvalue weighted by Crippen LogP contribution is 2.61. The minimum absolute atomic E-state index is 0.250. The quantitative estimate of drug-likeness (QED) is 0.269. The fourth-order valence-corrected chi connectivity index (χ4v) is 16.3. The first-order chi connectivity index (χ1) is 26.5. The minimum atomic E-state index is 0.250. The molecule has 0 spiro atoms. The highest BCUT2D eigenvalue weighted by atomic mass is 32.2. The number of hydrogen-bond donors (Lipinski definition) is 0. The molecule has 0 N–H and O–H groups in total. The molecule has 6 heteroatoms. The molecule has 0 aromatic heterocycles. The summed E-state index contributed by atoms with van der Waals surface area (Å²) in [6, 6.07) is 9.06. The van der Waals surface area contributed by atoms with E-state index in [1.165, 1.54) is 116 Å². The van der Waals surface area contributed by atoms with E-state index in [4.69, 9.17) is 4.74 Å². The first-order valence-corrected chi connectivity index (χ1v) is 23.8. The summed E-state index contributed by atoms with van der Waals surface area (Å²) in [5, 5.41) is 29.6. The molecule has 0 bridgehead atoms. The predicted molar refractivity (Wildman–Crippen MR) is 214 cm³/mol. The largest absolute Gasteiger partial charge is 0.374 e. The lowest BCUT2D eigenvalue weighted by molar-refractivity contribution is -0.0291. The molecule has 0 aromatic carbocycles. The van der Waals surface area contributed by atoms with E-state index in [9.17, 15) is 15.8 Å². The summed E-state index contributed by atoms with van der Waals surface area (Å²) in [5.41, 5.74) is 4.41. The lowest BCUT2D eigenvalue weighted by Gasteiger charge is -2.49. The lowest BCUT2D eigenvalue weighted by atomic mass is 9.64. The molecule has 5 saturated carbocycles. The molecule has 2 aliphatic heterocycles. The van der Waals surface area contributed by atoms with Crippen LogP contribution in [0.4, 0.5) is 0 Å². The van der Waals surface area contributed by atoms with Crippen molar-refractivity contribution < 1.29 is 4.74 Å². The van der Waals surface area contributed by atoms with Gasteiger partial charge in [-0.1, -0.05) is 17.7 Å². The van der Waals surface area contributed by atoms with Gasteiger partial charge in [-0.05, 0) is 206 Å². The number of fused-ring (bicyclic) bond motifs is 4. The smallest absolute Gasteiger partial charge is 0.0943 e. The fourth-order valence-electron chi connectivity index (χ4n) is 14.6. The topological polar surface area (TPSA) is 83.8 Å². The molecular formula is C48H64N4OS. The van der Waals surface area contributed by atoms with Crippen LogP contribution in [0.2, 0.25) is 0 Å². The van der Waals surface area contributed by atoms with Crippen LogP contribution in [0.3, 0.4) is 0 Å². The minimum Gasteiger partial charge on any atom is -0.374 e. The average Bonchev–Trinajstić information content (AvgIpc) is 3.73. The molecule has 6 fully saturated rings. The second kappa shape index (κ2) is 15.3. The maximum atomic E-state index is 9.75. The zero-order valence-corrected chi connectivity index (χ0v) is 33.6. The highest BCUT2D eigenvalue weighted by molar-refractivity contribution is 8.04. The van der Waals surface area contributed by atoms with Gasteiger partial charge in [0.05, 0.1) is 42.3 Å². The molecule has 8 aliphatic carbocycles. The van der Waals surface area contributed by atoms with Gasteiger partial charge in [0.15, 0.2) is 0 Å². The Kier molecular flexibility index (Phi) is 10.2. The van der Waals surface area contributed by atoms with Crippen LogP contribution in [0.5, 0.6) is 0 Å². The predicted octanol–water partition coefficient (Wildman–Crippen LogP) is 11.4. The summed E-state index contributed by atoms with van der Waals surface area (Å²) < 4.78 is 6.87. The van der Waals surface area contributed by atoms with Crippen LogP contribution in [0.1, 0.15) is 148 Å². The van der Waals surface area contributed by atoms with Crippen LogP contribution in [-0.4, -0.2) is 34.4 Å². The van der Waals surface area contributed by atoms with Crippen molar-refractivity contribution in [2.45, 2.75) is 177 Å². The summed E-state index contributed by atoms with van der Waals surface area (Å²) >= 11 is 2.22. The molecule has 288 valence electrons. The fraction of sp³-hybridized carbons (Fsp3) is 0.812. The normalized spacial score (nSPS) is 47.0. The molecule has 0 aromatic rings. The monoisotopic (exact) mass is 744 g/mol. The molecule has 0 radical (unpaired) electrons. The van der Waals surface area contributed by atoms with E-state index in [2.05, 4.69) is 47.0 Å². The van der Waals surface area contributed by atoms with Gasteiger partial charge in [-0.25, -0.2) is 0 Å². The van der Waals surface area contributed by atoms with Gasteiger partial charge in [0.1, 0.15) is 0 Å². The van der Waals surface area contributed by atoms with Crippen molar-refractivity contribution in [3.63, 3.8) is 0 Å². The average molecular weight is 745 g/mol. The van der Waals surface area contributed by atoms with E-state index in [1.54, 1.807) is 16.2 Å². The van der Waals surface area contributed by atoms with E-state index < -0.39 is 0 Å². The number of rotatable bonds is 6.